The van der Waals surface area contributed by atoms with Crippen LogP contribution in [-0.2, 0) is 11.3 Å². The summed E-state index contributed by atoms with van der Waals surface area (Å²) in [5.74, 6) is 0.853. The summed E-state index contributed by atoms with van der Waals surface area (Å²) < 4.78 is 10.6. The molecule has 0 bridgehead atoms. The van der Waals surface area contributed by atoms with Gasteiger partial charge in [-0.1, -0.05) is 12.1 Å². The van der Waals surface area contributed by atoms with E-state index < -0.39 is 0 Å². The molecule has 0 radical (unpaired) electrons. The first-order chi connectivity index (χ1) is 9.29. The summed E-state index contributed by atoms with van der Waals surface area (Å²) in [7, 11) is 0. The summed E-state index contributed by atoms with van der Waals surface area (Å²) >= 11 is 0. The van der Waals surface area contributed by atoms with E-state index in [1.807, 2.05) is 31.2 Å². The molecule has 1 aromatic rings. The maximum absolute atomic E-state index is 11.9. The standard InChI is InChI=1S/C14H20N2O3/c1-2-19-13-5-3-12(4-6-13)11-15-14(17)16-7-9-18-10-8-16/h3-6H,2,7-11H2,1H3,(H,15,17). The zero-order valence-corrected chi connectivity index (χ0v) is 11.2. The molecule has 1 N–H and O–H groups in total. The maximum Gasteiger partial charge on any atom is 0.317 e. The Labute approximate surface area is 113 Å². The molecular formula is C14H20N2O3. The largest absolute Gasteiger partial charge is 0.494 e. The number of morpholine rings is 1. The van der Waals surface area contributed by atoms with E-state index in [9.17, 15) is 4.79 Å². The summed E-state index contributed by atoms with van der Waals surface area (Å²) in [5.41, 5.74) is 1.06. The number of urea groups is 1. The van der Waals surface area contributed by atoms with Crippen LogP contribution in [0.1, 0.15) is 12.5 Å². The number of nitrogens with zero attached hydrogens (tertiary/aromatic N) is 1. The van der Waals surface area contributed by atoms with E-state index in [4.69, 9.17) is 9.47 Å². The second-order valence-corrected chi connectivity index (χ2v) is 4.34. The monoisotopic (exact) mass is 264 g/mol. The highest BCUT2D eigenvalue weighted by atomic mass is 16.5. The predicted octanol–water partition coefficient (Wildman–Crippen LogP) is 1.63. The Bertz CT molecular complexity index is 400. The summed E-state index contributed by atoms with van der Waals surface area (Å²) in [6.07, 6.45) is 0. The van der Waals surface area contributed by atoms with Crippen molar-refractivity contribution >= 4 is 6.03 Å². The van der Waals surface area contributed by atoms with Crippen LogP contribution in [0.4, 0.5) is 4.79 Å². The van der Waals surface area contributed by atoms with E-state index in [-0.39, 0.29) is 6.03 Å². The van der Waals surface area contributed by atoms with Crippen LogP contribution in [0.3, 0.4) is 0 Å². The molecule has 1 heterocycles. The molecule has 1 fully saturated rings. The fourth-order valence-corrected chi connectivity index (χ4v) is 1.93. The van der Waals surface area contributed by atoms with E-state index in [1.165, 1.54) is 0 Å². The molecule has 5 heteroatoms. The van der Waals surface area contributed by atoms with Crippen LogP contribution in [-0.4, -0.2) is 43.8 Å². The average molecular weight is 264 g/mol. The number of ether oxygens (including phenoxy) is 2. The molecular weight excluding hydrogens is 244 g/mol. The number of carbonyl (C=O) groups excluding carboxylic acids is 1. The van der Waals surface area contributed by atoms with Crippen molar-refractivity contribution < 1.29 is 14.3 Å². The Morgan fingerprint density at radius 1 is 1.32 bits per heavy atom. The van der Waals surface area contributed by atoms with Gasteiger partial charge in [-0.25, -0.2) is 4.79 Å². The van der Waals surface area contributed by atoms with Gasteiger partial charge in [-0.05, 0) is 24.6 Å². The van der Waals surface area contributed by atoms with Crippen LogP contribution in [0.25, 0.3) is 0 Å². The van der Waals surface area contributed by atoms with Gasteiger partial charge in [0.05, 0.1) is 19.8 Å². The highest BCUT2D eigenvalue weighted by Crippen LogP contribution is 2.12. The normalized spacial score (nSPS) is 15.1. The Morgan fingerprint density at radius 2 is 2.00 bits per heavy atom. The van der Waals surface area contributed by atoms with Crippen molar-refractivity contribution in [3.05, 3.63) is 29.8 Å². The fraction of sp³-hybridized carbons (Fsp3) is 0.500. The molecule has 0 unspecified atom stereocenters. The number of nitrogens with one attached hydrogen (secondary N) is 1. The van der Waals surface area contributed by atoms with E-state index in [2.05, 4.69) is 5.32 Å². The van der Waals surface area contributed by atoms with Gasteiger partial charge in [0.1, 0.15) is 5.75 Å². The lowest BCUT2D eigenvalue weighted by Gasteiger charge is -2.26. The Kier molecular flexibility index (Phi) is 5.03. The molecule has 0 atom stereocenters. The Hall–Kier alpha value is -1.75. The molecule has 0 saturated carbocycles. The molecule has 19 heavy (non-hydrogen) atoms. The van der Waals surface area contributed by atoms with E-state index in [0.717, 1.165) is 11.3 Å². The van der Waals surface area contributed by atoms with Crippen LogP contribution >= 0.6 is 0 Å². The van der Waals surface area contributed by atoms with Crippen molar-refractivity contribution in [2.24, 2.45) is 0 Å². The lowest BCUT2D eigenvalue weighted by Crippen LogP contribution is -2.45. The number of amides is 2. The third kappa shape index (κ3) is 4.13. The fourth-order valence-electron chi connectivity index (χ4n) is 1.93. The highest BCUT2D eigenvalue weighted by Gasteiger charge is 2.15. The van der Waals surface area contributed by atoms with E-state index in [0.29, 0.717) is 39.5 Å². The van der Waals surface area contributed by atoms with Gasteiger partial charge in [0.25, 0.3) is 0 Å². The first kappa shape index (κ1) is 13.7. The van der Waals surface area contributed by atoms with Crippen molar-refractivity contribution in [1.29, 1.82) is 0 Å². The first-order valence-electron chi connectivity index (χ1n) is 6.62. The lowest BCUT2D eigenvalue weighted by atomic mass is 10.2. The number of hydrogen-bond donors (Lipinski definition) is 1. The predicted molar refractivity (Wildman–Crippen MR) is 72.2 cm³/mol. The molecule has 0 spiro atoms. The summed E-state index contributed by atoms with van der Waals surface area (Å²) in [6.45, 7) is 5.71. The maximum atomic E-state index is 11.9. The molecule has 2 amide bonds. The van der Waals surface area contributed by atoms with E-state index in [1.54, 1.807) is 4.90 Å². The lowest BCUT2D eigenvalue weighted by molar-refractivity contribution is 0.0531. The average Bonchev–Trinajstić information content (AvgIpc) is 2.47. The van der Waals surface area contributed by atoms with Gasteiger partial charge in [-0.15, -0.1) is 0 Å². The van der Waals surface area contributed by atoms with Gasteiger partial charge in [-0.3, -0.25) is 0 Å². The van der Waals surface area contributed by atoms with Crippen molar-refractivity contribution in [3.8, 4) is 5.75 Å². The Balaban J connectivity index is 1.79. The third-order valence-electron chi connectivity index (χ3n) is 2.98. The minimum atomic E-state index is -0.0304. The van der Waals surface area contributed by atoms with Crippen molar-refractivity contribution in [2.45, 2.75) is 13.5 Å². The number of rotatable bonds is 4. The zero-order valence-electron chi connectivity index (χ0n) is 11.2. The molecule has 0 aliphatic carbocycles. The summed E-state index contributed by atoms with van der Waals surface area (Å²) in [5, 5.41) is 2.91. The van der Waals surface area contributed by atoms with Crippen LogP contribution in [0.15, 0.2) is 24.3 Å². The topological polar surface area (TPSA) is 50.8 Å². The van der Waals surface area contributed by atoms with Gasteiger partial charge in [0.15, 0.2) is 0 Å². The van der Waals surface area contributed by atoms with Crippen molar-refractivity contribution in [1.82, 2.24) is 10.2 Å². The second kappa shape index (κ2) is 6.99. The minimum Gasteiger partial charge on any atom is -0.494 e. The molecule has 1 aliphatic rings. The number of hydrogen-bond acceptors (Lipinski definition) is 3. The van der Waals surface area contributed by atoms with E-state index >= 15 is 0 Å². The second-order valence-electron chi connectivity index (χ2n) is 4.34. The molecule has 2 rings (SSSR count). The van der Waals surface area contributed by atoms with Crippen molar-refractivity contribution in [3.63, 3.8) is 0 Å². The zero-order chi connectivity index (χ0) is 13.5. The SMILES string of the molecule is CCOc1ccc(CNC(=O)N2CCOCC2)cc1. The van der Waals surface area contributed by atoms with Crippen LogP contribution in [0.2, 0.25) is 0 Å². The molecule has 5 nitrogen and oxygen atoms in total. The highest BCUT2D eigenvalue weighted by molar-refractivity contribution is 5.74. The quantitative estimate of drug-likeness (QED) is 0.899. The van der Waals surface area contributed by atoms with Crippen LogP contribution in [0, 0.1) is 0 Å². The molecule has 104 valence electrons. The third-order valence-corrected chi connectivity index (χ3v) is 2.98. The Morgan fingerprint density at radius 3 is 2.63 bits per heavy atom. The van der Waals surface area contributed by atoms with Gasteiger partial charge >= 0.3 is 6.03 Å². The summed E-state index contributed by atoms with van der Waals surface area (Å²) in [6, 6.07) is 7.73. The minimum absolute atomic E-state index is 0.0304. The van der Waals surface area contributed by atoms with Gasteiger partial charge in [0, 0.05) is 19.6 Å². The van der Waals surface area contributed by atoms with Gasteiger partial charge in [0.2, 0.25) is 0 Å². The smallest absolute Gasteiger partial charge is 0.317 e. The molecule has 0 aromatic heterocycles. The molecule has 1 aliphatic heterocycles. The van der Waals surface area contributed by atoms with Crippen molar-refractivity contribution in [2.75, 3.05) is 32.9 Å². The van der Waals surface area contributed by atoms with Gasteiger partial charge in [-0.2, -0.15) is 0 Å². The van der Waals surface area contributed by atoms with Crippen LogP contribution in [0.5, 0.6) is 5.75 Å². The number of benzene rings is 1. The first-order valence-corrected chi connectivity index (χ1v) is 6.62. The summed E-state index contributed by atoms with van der Waals surface area (Å²) in [4.78, 5) is 13.7. The molecule has 1 saturated heterocycles. The van der Waals surface area contributed by atoms with Gasteiger partial charge < -0.3 is 19.7 Å². The molecule has 1 aromatic carbocycles. The number of carbonyl (C=O) groups is 1. The van der Waals surface area contributed by atoms with Crippen LogP contribution < -0.4 is 10.1 Å².